The van der Waals surface area contributed by atoms with Crippen LogP contribution in [0.2, 0.25) is 0 Å². The van der Waals surface area contributed by atoms with Crippen LogP contribution in [0.15, 0.2) is 35.6 Å². The number of alkyl halides is 3. The van der Waals surface area contributed by atoms with E-state index in [1.54, 1.807) is 0 Å². The largest absolute Gasteiger partial charge is 0.417 e. The minimum absolute atomic E-state index is 0.329. The SMILES string of the molecule is FC(F)(F)c1ccc(N/N=C2/CC3C=CCC23)nc1. The molecule has 0 bridgehead atoms. The minimum Gasteiger partial charge on any atom is -0.261 e. The normalized spacial score (nSPS) is 27.2. The van der Waals surface area contributed by atoms with Gasteiger partial charge in [-0.15, -0.1) is 0 Å². The first-order chi connectivity index (χ1) is 9.04. The van der Waals surface area contributed by atoms with Crippen LogP contribution >= 0.6 is 0 Å². The standard InChI is InChI=1S/C13H12F3N3/c14-13(15,16)9-4-5-12(17-7-9)19-18-11-6-8-2-1-3-10(8)11/h1-2,4-5,7-8,10H,3,6H2,(H,17,19)/b18-11-. The molecule has 19 heavy (non-hydrogen) atoms. The Hall–Kier alpha value is -1.85. The summed E-state index contributed by atoms with van der Waals surface area (Å²) in [5.74, 6) is 1.40. The highest BCUT2D eigenvalue weighted by molar-refractivity contribution is 5.94. The fourth-order valence-electron chi connectivity index (χ4n) is 2.42. The maximum Gasteiger partial charge on any atom is 0.417 e. The number of halogens is 3. The molecule has 1 aromatic rings. The summed E-state index contributed by atoms with van der Waals surface area (Å²) in [6, 6.07) is 2.28. The molecular formula is C13H12F3N3. The summed E-state index contributed by atoms with van der Waals surface area (Å²) < 4.78 is 37.0. The van der Waals surface area contributed by atoms with E-state index in [1.165, 1.54) is 6.07 Å². The molecule has 0 spiro atoms. The lowest BCUT2D eigenvalue weighted by Crippen LogP contribution is -2.33. The van der Waals surface area contributed by atoms with Gasteiger partial charge in [-0.05, 0) is 30.9 Å². The maximum absolute atomic E-state index is 12.3. The van der Waals surface area contributed by atoms with Gasteiger partial charge in [-0.25, -0.2) is 4.98 Å². The predicted octanol–water partition coefficient (Wildman–Crippen LogP) is 3.46. The average molecular weight is 267 g/mol. The molecule has 3 rings (SSSR count). The number of fused-ring (bicyclic) bond motifs is 1. The molecule has 1 saturated carbocycles. The van der Waals surface area contributed by atoms with Gasteiger partial charge < -0.3 is 0 Å². The van der Waals surface area contributed by atoms with Crippen molar-refractivity contribution in [1.82, 2.24) is 4.98 Å². The zero-order valence-electron chi connectivity index (χ0n) is 9.98. The van der Waals surface area contributed by atoms with E-state index in [2.05, 4.69) is 27.7 Å². The molecule has 2 atom stereocenters. The monoisotopic (exact) mass is 267 g/mol. The third-order valence-corrected chi connectivity index (χ3v) is 3.57. The van der Waals surface area contributed by atoms with Gasteiger partial charge in [0.25, 0.3) is 0 Å². The summed E-state index contributed by atoms with van der Waals surface area (Å²) in [5, 5.41) is 4.22. The van der Waals surface area contributed by atoms with E-state index >= 15 is 0 Å². The van der Waals surface area contributed by atoms with Crippen LogP contribution in [0.5, 0.6) is 0 Å². The van der Waals surface area contributed by atoms with E-state index in [1.807, 2.05) is 0 Å². The molecule has 3 nitrogen and oxygen atoms in total. The van der Waals surface area contributed by atoms with Crippen LogP contribution in [0.4, 0.5) is 19.0 Å². The molecule has 0 aliphatic heterocycles. The van der Waals surface area contributed by atoms with Crippen LogP contribution in [-0.2, 0) is 6.18 Å². The van der Waals surface area contributed by atoms with E-state index in [-0.39, 0.29) is 0 Å². The van der Waals surface area contributed by atoms with Crippen LogP contribution in [0.1, 0.15) is 18.4 Å². The third-order valence-electron chi connectivity index (χ3n) is 3.57. The maximum atomic E-state index is 12.3. The first-order valence-corrected chi connectivity index (χ1v) is 6.06. The molecule has 0 radical (unpaired) electrons. The summed E-state index contributed by atoms with van der Waals surface area (Å²) in [6.07, 6.45) is 2.73. The van der Waals surface area contributed by atoms with Gasteiger partial charge in [-0.2, -0.15) is 18.3 Å². The fraction of sp³-hybridized carbons (Fsp3) is 0.385. The summed E-state index contributed by atoms with van der Waals surface area (Å²) in [6.45, 7) is 0. The number of nitrogens with one attached hydrogen (secondary N) is 1. The van der Waals surface area contributed by atoms with Crippen molar-refractivity contribution < 1.29 is 13.2 Å². The molecule has 0 amide bonds. The van der Waals surface area contributed by atoms with Gasteiger partial charge in [0.2, 0.25) is 0 Å². The van der Waals surface area contributed by atoms with Crippen molar-refractivity contribution in [2.75, 3.05) is 5.43 Å². The molecule has 100 valence electrons. The lowest BCUT2D eigenvalue weighted by molar-refractivity contribution is -0.137. The Morgan fingerprint density at radius 1 is 1.32 bits per heavy atom. The molecule has 2 aliphatic rings. The van der Waals surface area contributed by atoms with Crippen LogP contribution in [0, 0.1) is 11.8 Å². The van der Waals surface area contributed by atoms with Crippen LogP contribution < -0.4 is 5.43 Å². The van der Waals surface area contributed by atoms with E-state index in [4.69, 9.17) is 0 Å². The first kappa shape index (κ1) is 12.2. The number of allylic oxidation sites excluding steroid dienone is 2. The zero-order valence-corrected chi connectivity index (χ0v) is 9.98. The summed E-state index contributed by atoms with van der Waals surface area (Å²) in [7, 11) is 0. The Bertz CT molecular complexity index is 531. The molecule has 1 fully saturated rings. The summed E-state index contributed by atoms with van der Waals surface area (Å²) >= 11 is 0. The Labute approximate surface area is 108 Å². The number of anilines is 1. The molecule has 2 aliphatic carbocycles. The number of rotatable bonds is 2. The van der Waals surface area contributed by atoms with Crippen molar-refractivity contribution in [1.29, 1.82) is 0 Å². The van der Waals surface area contributed by atoms with Gasteiger partial charge >= 0.3 is 6.18 Å². The number of hydrogen-bond donors (Lipinski definition) is 1. The fourth-order valence-corrected chi connectivity index (χ4v) is 2.42. The third kappa shape index (κ3) is 2.34. The Balaban J connectivity index is 1.63. The predicted molar refractivity (Wildman–Crippen MR) is 65.7 cm³/mol. The Morgan fingerprint density at radius 3 is 2.79 bits per heavy atom. The van der Waals surface area contributed by atoms with Gasteiger partial charge in [-0.1, -0.05) is 12.2 Å². The first-order valence-electron chi connectivity index (χ1n) is 6.06. The van der Waals surface area contributed by atoms with Gasteiger partial charge in [0.05, 0.1) is 5.56 Å². The quantitative estimate of drug-likeness (QED) is 0.658. The van der Waals surface area contributed by atoms with E-state index in [0.29, 0.717) is 17.7 Å². The molecule has 2 unspecified atom stereocenters. The highest BCUT2D eigenvalue weighted by Gasteiger charge is 2.38. The van der Waals surface area contributed by atoms with Crippen molar-refractivity contribution in [2.45, 2.75) is 19.0 Å². The highest BCUT2D eigenvalue weighted by Crippen LogP contribution is 2.40. The lowest BCUT2D eigenvalue weighted by atomic mass is 9.74. The number of pyridine rings is 1. The van der Waals surface area contributed by atoms with Crippen molar-refractivity contribution in [3.05, 3.63) is 36.0 Å². The Kier molecular flexibility index (Phi) is 2.80. The molecule has 1 N–H and O–H groups in total. The second kappa shape index (κ2) is 4.36. The van der Waals surface area contributed by atoms with E-state index in [9.17, 15) is 13.2 Å². The van der Waals surface area contributed by atoms with Crippen LogP contribution in [0.25, 0.3) is 0 Å². The minimum atomic E-state index is -4.35. The molecule has 0 aromatic carbocycles. The smallest absolute Gasteiger partial charge is 0.261 e. The second-order valence-electron chi connectivity index (χ2n) is 4.78. The molecule has 6 heteroatoms. The average Bonchev–Trinajstić information content (AvgIpc) is 2.71. The van der Waals surface area contributed by atoms with Gasteiger partial charge in [-0.3, -0.25) is 5.43 Å². The number of aromatic nitrogens is 1. The van der Waals surface area contributed by atoms with Crippen molar-refractivity contribution in [3.63, 3.8) is 0 Å². The lowest BCUT2D eigenvalue weighted by Gasteiger charge is -2.31. The van der Waals surface area contributed by atoms with Crippen LogP contribution in [0.3, 0.4) is 0 Å². The molecule has 0 saturated heterocycles. The summed E-state index contributed by atoms with van der Waals surface area (Å²) in [5.41, 5.74) is 3.03. The number of hydrogen-bond acceptors (Lipinski definition) is 3. The van der Waals surface area contributed by atoms with E-state index < -0.39 is 11.7 Å². The number of nitrogens with zero attached hydrogens (tertiary/aromatic N) is 2. The second-order valence-corrected chi connectivity index (χ2v) is 4.78. The zero-order chi connectivity index (χ0) is 13.5. The van der Waals surface area contributed by atoms with Crippen molar-refractivity contribution >= 4 is 11.5 Å². The van der Waals surface area contributed by atoms with Gasteiger partial charge in [0.15, 0.2) is 0 Å². The summed E-state index contributed by atoms with van der Waals surface area (Å²) in [4.78, 5) is 3.71. The van der Waals surface area contributed by atoms with Gasteiger partial charge in [0.1, 0.15) is 5.82 Å². The molecular weight excluding hydrogens is 255 g/mol. The molecule has 1 heterocycles. The topological polar surface area (TPSA) is 37.3 Å². The Morgan fingerprint density at radius 2 is 2.16 bits per heavy atom. The van der Waals surface area contributed by atoms with Crippen molar-refractivity contribution in [3.8, 4) is 0 Å². The van der Waals surface area contributed by atoms with Crippen molar-refractivity contribution in [2.24, 2.45) is 16.9 Å². The van der Waals surface area contributed by atoms with Gasteiger partial charge in [0, 0.05) is 17.8 Å². The highest BCUT2D eigenvalue weighted by atomic mass is 19.4. The van der Waals surface area contributed by atoms with Crippen LogP contribution in [-0.4, -0.2) is 10.7 Å². The number of hydrazone groups is 1. The molecule has 1 aromatic heterocycles. The van der Waals surface area contributed by atoms with E-state index in [0.717, 1.165) is 30.8 Å².